The minimum atomic E-state index is -0.370. The monoisotopic (exact) mass is 245 g/mol. The Bertz CT molecular complexity index is 408. The highest BCUT2D eigenvalue weighted by Crippen LogP contribution is 2.32. The summed E-state index contributed by atoms with van der Waals surface area (Å²) < 4.78 is 11.3. The molecule has 1 aromatic carbocycles. The van der Waals surface area contributed by atoms with Gasteiger partial charge in [-0.05, 0) is 18.5 Å². The molecule has 0 amide bonds. The van der Waals surface area contributed by atoms with Crippen molar-refractivity contribution >= 4 is 0 Å². The lowest BCUT2D eigenvalue weighted by Gasteiger charge is -2.26. The molecule has 3 heteroatoms. The van der Waals surface area contributed by atoms with E-state index in [9.17, 15) is 0 Å². The average molecular weight is 245 g/mol. The maximum absolute atomic E-state index is 5.63. The third kappa shape index (κ3) is 2.51. The molecule has 0 radical (unpaired) electrons. The summed E-state index contributed by atoms with van der Waals surface area (Å²) in [5, 5.41) is 0. The van der Waals surface area contributed by atoms with Gasteiger partial charge in [-0.3, -0.25) is 4.90 Å². The molecule has 2 aliphatic heterocycles. The molecule has 2 aliphatic rings. The SMILES string of the molecule is C1=COC2(CCCN(Cc3ccccc3)CC2)O1. The van der Waals surface area contributed by atoms with Gasteiger partial charge in [-0.15, -0.1) is 0 Å². The third-order valence-electron chi connectivity index (χ3n) is 3.71. The first-order valence-corrected chi connectivity index (χ1v) is 6.63. The van der Waals surface area contributed by atoms with E-state index in [0.29, 0.717) is 0 Å². The van der Waals surface area contributed by atoms with Gasteiger partial charge in [0, 0.05) is 25.9 Å². The Labute approximate surface area is 108 Å². The van der Waals surface area contributed by atoms with Crippen molar-refractivity contribution in [2.45, 2.75) is 31.6 Å². The van der Waals surface area contributed by atoms with Crippen LogP contribution < -0.4 is 0 Å². The summed E-state index contributed by atoms with van der Waals surface area (Å²) in [6.45, 7) is 3.16. The molecule has 3 rings (SSSR count). The van der Waals surface area contributed by atoms with Crippen LogP contribution in [0.2, 0.25) is 0 Å². The van der Waals surface area contributed by atoms with Gasteiger partial charge in [0.1, 0.15) is 12.5 Å². The lowest BCUT2D eigenvalue weighted by Crippen LogP contribution is -2.32. The highest BCUT2D eigenvalue weighted by atomic mass is 16.7. The molecule has 0 aliphatic carbocycles. The van der Waals surface area contributed by atoms with Crippen molar-refractivity contribution in [3.8, 4) is 0 Å². The molecule has 1 fully saturated rings. The third-order valence-corrected chi connectivity index (χ3v) is 3.71. The molecule has 2 heterocycles. The second-order valence-corrected chi connectivity index (χ2v) is 5.03. The summed E-state index contributed by atoms with van der Waals surface area (Å²) in [5.74, 6) is -0.370. The summed E-state index contributed by atoms with van der Waals surface area (Å²) in [7, 11) is 0. The highest BCUT2D eigenvalue weighted by Gasteiger charge is 2.37. The Morgan fingerprint density at radius 1 is 1.00 bits per heavy atom. The molecule has 1 saturated heterocycles. The lowest BCUT2D eigenvalue weighted by molar-refractivity contribution is -0.148. The van der Waals surface area contributed by atoms with E-state index >= 15 is 0 Å². The first-order chi connectivity index (χ1) is 8.86. The normalized spacial score (nSPS) is 22.4. The maximum Gasteiger partial charge on any atom is 0.251 e. The van der Waals surface area contributed by atoms with E-state index in [1.165, 1.54) is 5.56 Å². The van der Waals surface area contributed by atoms with Crippen molar-refractivity contribution < 1.29 is 9.47 Å². The van der Waals surface area contributed by atoms with Crippen molar-refractivity contribution in [2.75, 3.05) is 13.1 Å². The fourth-order valence-electron chi connectivity index (χ4n) is 2.70. The van der Waals surface area contributed by atoms with Crippen LogP contribution in [-0.4, -0.2) is 23.8 Å². The molecule has 0 unspecified atom stereocenters. The first-order valence-electron chi connectivity index (χ1n) is 6.63. The van der Waals surface area contributed by atoms with E-state index in [1.807, 2.05) is 0 Å². The van der Waals surface area contributed by atoms with Gasteiger partial charge in [0.05, 0.1) is 0 Å². The van der Waals surface area contributed by atoms with Gasteiger partial charge in [-0.2, -0.15) is 0 Å². The Morgan fingerprint density at radius 3 is 2.56 bits per heavy atom. The van der Waals surface area contributed by atoms with Crippen LogP contribution in [0.25, 0.3) is 0 Å². The molecular formula is C15H19NO2. The summed E-state index contributed by atoms with van der Waals surface area (Å²) in [4.78, 5) is 2.48. The zero-order valence-electron chi connectivity index (χ0n) is 10.5. The van der Waals surface area contributed by atoms with Crippen LogP contribution in [-0.2, 0) is 16.0 Å². The van der Waals surface area contributed by atoms with Crippen LogP contribution in [0.1, 0.15) is 24.8 Å². The molecule has 96 valence electrons. The van der Waals surface area contributed by atoms with E-state index in [1.54, 1.807) is 12.5 Å². The van der Waals surface area contributed by atoms with Crippen LogP contribution in [0.5, 0.6) is 0 Å². The number of rotatable bonds is 2. The summed E-state index contributed by atoms with van der Waals surface area (Å²) in [6.07, 6.45) is 6.38. The van der Waals surface area contributed by atoms with Crippen LogP contribution in [0.3, 0.4) is 0 Å². The van der Waals surface area contributed by atoms with Gasteiger partial charge in [-0.1, -0.05) is 30.3 Å². The molecule has 1 spiro atoms. The lowest BCUT2D eigenvalue weighted by atomic mass is 10.1. The van der Waals surface area contributed by atoms with Crippen molar-refractivity contribution in [3.63, 3.8) is 0 Å². The zero-order valence-corrected chi connectivity index (χ0v) is 10.5. The van der Waals surface area contributed by atoms with Gasteiger partial charge < -0.3 is 9.47 Å². The van der Waals surface area contributed by atoms with Crippen LogP contribution >= 0.6 is 0 Å². The summed E-state index contributed by atoms with van der Waals surface area (Å²) >= 11 is 0. The van der Waals surface area contributed by atoms with Crippen molar-refractivity contribution in [1.82, 2.24) is 4.90 Å². The van der Waals surface area contributed by atoms with Crippen LogP contribution in [0, 0.1) is 0 Å². The fourth-order valence-corrected chi connectivity index (χ4v) is 2.70. The molecule has 18 heavy (non-hydrogen) atoms. The topological polar surface area (TPSA) is 21.7 Å². The van der Waals surface area contributed by atoms with Gasteiger partial charge in [0.25, 0.3) is 5.79 Å². The van der Waals surface area contributed by atoms with Gasteiger partial charge in [-0.25, -0.2) is 0 Å². The Hall–Kier alpha value is -1.48. The van der Waals surface area contributed by atoms with Gasteiger partial charge in [0.2, 0.25) is 0 Å². The number of likely N-dealkylation sites (tertiary alicyclic amines) is 1. The average Bonchev–Trinajstić information content (AvgIpc) is 2.77. The molecule has 0 N–H and O–H groups in total. The standard InChI is InChI=1S/C15H19NO2/c1-2-5-14(6-3-1)13-16-9-4-7-15(8-10-16)17-11-12-18-15/h1-3,5-6,11-12H,4,7-10,13H2. The van der Waals surface area contributed by atoms with E-state index in [-0.39, 0.29) is 5.79 Å². The zero-order chi connectivity index (χ0) is 12.3. The molecular weight excluding hydrogens is 226 g/mol. The van der Waals surface area contributed by atoms with Crippen LogP contribution in [0.4, 0.5) is 0 Å². The fraction of sp³-hybridized carbons (Fsp3) is 0.467. The second kappa shape index (κ2) is 5.02. The molecule has 0 aromatic heterocycles. The van der Waals surface area contributed by atoms with Crippen molar-refractivity contribution in [1.29, 1.82) is 0 Å². The minimum Gasteiger partial charge on any atom is -0.457 e. The Balaban J connectivity index is 1.59. The van der Waals surface area contributed by atoms with E-state index < -0.39 is 0 Å². The molecule has 0 bridgehead atoms. The van der Waals surface area contributed by atoms with Gasteiger partial charge >= 0.3 is 0 Å². The number of hydrogen-bond acceptors (Lipinski definition) is 3. The van der Waals surface area contributed by atoms with E-state index in [2.05, 4.69) is 35.2 Å². The highest BCUT2D eigenvalue weighted by molar-refractivity contribution is 5.14. The number of benzene rings is 1. The second-order valence-electron chi connectivity index (χ2n) is 5.03. The Morgan fingerprint density at radius 2 is 1.78 bits per heavy atom. The quantitative estimate of drug-likeness (QED) is 0.799. The number of hydrogen-bond donors (Lipinski definition) is 0. The largest absolute Gasteiger partial charge is 0.457 e. The number of nitrogens with zero attached hydrogens (tertiary/aromatic N) is 1. The summed E-state index contributed by atoms with van der Waals surface area (Å²) in [5.41, 5.74) is 1.37. The number of ether oxygens (including phenoxy) is 2. The van der Waals surface area contributed by atoms with Crippen molar-refractivity contribution in [2.24, 2.45) is 0 Å². The molecule has 3 nitrogen and oxygen atoms in total. The van der Waals surface area contributed by atoms with Crippen LogP contribution in [0.15, 0.2) is 42.9 Å². The molecule has 0 saturated carbocycles. The molecule has 0 atom stereocenters. The van der Waals surface area contributed by atoms with E-state index in [4.69, 9.17) is 9.47 Å². The smallest absolute Gasteiger partial charge is 0.251 e. The Kier molecular flexibility index (Phi) is 3.24. The van der Waals surface area contributed by atoms with Gasteiger partial charge in [0.15, 0.2) is 0 Å². The maximum atomic E-state index is 5.63. The predicted molar refractivity (Wildman–Crippen MR) is 69.6 cm³/mol. The molecule has 1 aromatic rings. The van der Waals surface area contributed by atoms with Crippen molar-refractivity contribution in [3.05, 3.63) is 48.4 Å². The summed E-state index contributed by atoms with van der Waals surface area (Å²) in [6, 6.07) is 10.6. The van der Waals surface area contributed by atoms with E-state index in [0.717, 1.165) is 38.9 Å². The predicted octanol–water partition coefficient (Wildman–Crippen LogP) is 2.89. The first kappa shape index (κ1) is 11.6. The minimum absolute atomic E-state index is 0.370.